The van der Waals surface area contributed by atoms with E-state index in [2.05, 4.69) is 6.92 Å². The van der Waals surface area contributed by atoms with Gasteiger partial charge in [0.1, 0.15) is 0 Å². The highest BCUT2D eigenvalue weighted by Gasteiger charge is 2.29. The summed E-state index contributed by atoms with van der Waals surface area (Å²) < 4.78 is 0. The molecule has 16 heavy (non-hydrogen) atoms. The van der Waals surface area contributed by atoms with E-state index in [-0.39, 0.29) is 17.7 Å². The van der Waals surface area contributed by atoms with E-state index in [1.54, 1.807) is 4.90 Å². The molecule has 0 aliphatic carbocycles. The van der Waals surface area contributed by atoms with Gasteiger partial charge in [-0.15, -0.1) is 0 Å². The summed E-state index contributed by atoms with van der Waals surface area (Å²) in [7, 11) is 0. The van der Waals surface area contributed by atoms with Crippen LogP contribution >= 0.6 is 0 Å². The molecule has 4 heteroatoms. The molecule has 0 saturated carbocycles. The lowest BCUT2D eigenvalue weighted by atomic mass is 9.96. The van der Waals surface area contributed by atoms with E-state index in [1.165, 1.54) is 0 Å². The lowest BCUT2D eigenvalue weighted by Gasteiger charge is -2.32. The van der Waals surface area contributed by atoms with Crippen LogP contribution in [0.2, 0.25) is 0 Å². The number of likely N-dealkylation sites (tertiary alicyclic amines) is 1. The van der Waals surface area contributed by atoms with Crippen molar-refractivity contribution in [1.29, 1.82) is 0 Å². The van der Waals surface area contributed by atoms with Gasteiger partial charge in [-0.25, -0.2) is 0 Å². The summed E-state index contributed by atoms with van der Waals surface area (Å²) in [5, 5.41) is 8.94. The fourth-order valence-electron chi connectivity index (χ4n) is 2.25. The van der Waals surface area contributed by atoms with Crippen molar-refractivity contribution < 1.29 is 14.7 Å². The van der Waals surface area contributed by atoms with Crippen LogP contribution in [0.3, 0.4) is 0 Å². The summed E-state index contributed by atoms with van der Waals surface area (Å²) in [5.41, 5.74) is 0. The zero-order valence-corrected chi connectivity index (χ0v) is 10.1. The van der Waals surface area contributed by atoms with Gasteiger partial charge in [0.15, 0.2) is 0 Å². The second-order valence-corrected chi connectivity index (χ2v) is 4.65. The minimum Gasteiger partial charge on any atom is -0.481 e. The van der Waals surface area contributed by atoms with E-state index in [9.17, 15) is 9.59 Å². The molecule has 1 amide bonds. The minimum absolute atomic E-state index is 0.0255. The SMILES string of the molecule is CCC[C@H](C)C(=O)N1CCC[C@@H](C(=O)O)C1. The largest absolute Gasteiger partial charge is 0.481 e. The van der Waals surface area contributed by atoms with Crippen LogP contribution in [0.4, 0.5) is 0 Å². The topological polar surface area (TPSA) is 57.6 Å². The molecular formula is C12H21NO3. The maximum Gasteiger partial charge on any atom is 0.308 e. The molecule has 1 heterocycles. The molecule has 1 rings (SSSR count). The predicted molar refractivity (Wildman–Crippen MR) is 61.0 cm³/mol. The van der Waals surface area contributed by atoms with Crippen LogP contribution in [0, 0.1) is 11.8 Å². The van der Waals surface area contributed by atoms with Crippen LogP contribution in [-0.2, 0) is 9.59 Å². The number of piperidine rings is 1. The van der Waals surface area contributed by atoms with Crippen molar-refractivity contribution in [3.8, 4) is 0 Å². The molecule has 0 radical (unpaired) electrons. The number of carbonyl (C=O) groups is 2. The number of amides is 1. The average molecular weight is 227 g/mol. The normalized spacial score (nSPS) is 22.9. The molecule has 0 aromatic heterocycles. The van der Waals surface area contributed by atoms with E-state index in [0.29, 0.717) is 13.0 Å². The molecule has 0 spiro atoms. The van der Waals surface area contributed by atoms with Gasteiger partial charge in [0.05, 0.1) is 5.92 Å². The number of hydrogen-bond acceptors (Lipinski definition) is 2. The molecule has 1 aliphatic heterocycles. The van der Waals surface area contributed by atoms with Gasteiger partial charge >= 0.3 is 5.97 Å². The van der Waals surface area contributed by atoms with Crippen molar-refractivity contribution in [2.45, 2.75) is 39.5 Å². The molecule has 1 saturated heterocycles. The van der Waals surface area contributed by atoms with Crippen LogP contribution in [-0.4, -0.2) is 35.0 Å². The highest BCUT2D eigenvalue weighted by Crippen LogP contribution is 2.19. The predicted octanol–water partition coefficient (Wildman–Crippen LogP) is 1.75. The Labute approximate surface area is 96.6 Å². The summed E-state index contributed by atoms with van der Waals surface area (Å²) in [6.45, 7) is 5.09. The third-order valence-corrected chi connectivity index (χ3v) is 3.23. The van der Waals surface area contributed by atoms with Crippen molar-refractivity contribution in [1.82, 2.24) is 4.90 Å². The first-order valence-electron chi connectivity index (χ1n) is 6.07. The lowest BCUT2D eigenvalue weighted by molar-refractivity contribution is -0.146. The lowest BCUT2D eigenvalue weighted by Crippen LogP contribution is -2.44. The average Bonchev–Trinajstić information content (AvgIpc) is 2.28. The number of rotatable bonds is 4. The molecule has 0 aromatic carbocycles. The van der Waals surface area contributed by atoms with Crippen LogP contribution in [0.5, 0.6) is 0 Å². The highest BCUT2D eigenvalue weighted by atomic mass is 16.4. The summed E-state index contributed by atoms with van der Waals surface area (Å²) in [5.74, 6) is -1.00. The second kappa shape index (κ2) is 5.87. The zero-order valence-electron chi connectivity index (χ0n) is 10.1. The number of hydrogen-bond donors (Lipinski definition) is 1. The first-order valence-corrected chi connectivity index (χ1v) is 6.07. The minimum atomic E-state index is -0.777. The number of carboxylic acid groups (broad SMARTS) is 1. The van der Waals surface area contributed by atoms with Gasteiger partial charge in [-0.2, -0.15) is 0 Å². The maximum atomic E-state index is 12.0. The van der Waals surface area contributed by atoms with Crippen LogP contribution in [0.15, 0.2) is 0 Å². The summed E-state index contributed by atoms with van der Waals surface area (Å²) >= 11 is 0. The molecule has 1 aliphatic rings. The first kappa shape index (κ1) is 13.0. The van der Waals surface area contributed by atoms with E-state index in [4.69, 9.17) is 5.11 Å². The van der Waals surface area contributed by atoms with Gasteiger partial charge in [-0.1, -0.05) is 20.3 Å². The van der Waals surface area contributed by atoms with E-state index in [0.717, 1.165) is 25.8 Å². The van der Waals surface area contributed by atoms with Crippen LogP contribution < -0.4 is 0 Å². The van der Waals surface area contributed by atoms with Crippen molar-refractivity contribution in [3.05, 3.63) is 0 Å². The molecular weight excluding hydrogens is 206 g/mol. The van der Waals surface area contributed by atoms with Crippen molar-refractivity contribution >= 4 is 11.9 Å². The number of carboxylic acids is 1. The van der Waals surface area contributed by atoms with E-state index in [1.807, 2.05) is 6.92 Å². The van der Waals surface area contributed by atoms with E-state index >= 15 is 0 Å². The molecule has 0 aromatic rings. The molecule has 2 atom stereocenters. The van der Waals surface area contributed by atoms with Crippen molar-refractivity contribution in [2.24, 2.45) is 11.8 Å². The summed E-state index contributed by atoms with van der Waals surface area (Å²) in [4.78, 5) is 24.6. The molecule has 0 bridgehead atoms. The molecule has 0 unspecified atom stereocenters. The molecule has 92 valence electrons. The van der Waals surface area contributed by atoms with Gasteiger partial charge in [-0.3, -0.25) is 9.59 Å². The van der Waals surface area contributed by atoms with Crippen LogP contribution in [0.25, 0.3) is 0 Å². The number of carbonyl (C=O) groups excluding carboxylic acids is 1. The highest BCUT2D eigenvalue weighted by molar-refractivity contribution is 5.79. The second-order valence-electron chi connectivity index (χ2n) is 4.65. The monoisotopic (exact) mass is 227 g/mol. The summed E-state index contributed by atoms with van der Waals surface area (Å²) in [6, 6.07) is 0. The van der Waals surface area contributed by atoms with Gasteiger partial charge in [-0.05, 0) is 19.3 Å². The standard InChI is InChI=1S/C12H21NO3/c1-3-5-9(2)11(14)13-7-4-6-10(8-13)12(15)16/h9-10H,3-8H2,1-2H3,(H,15,16)/t9-,10+/m0/s1. The Morgan fingerprint density at radius 2 is 2.19 bits per heavy atom. The van der Waals surface area contributed by atoms with Gasteiger partial charge in [0.25, 0.3) is 0 Å². The van der Waals surface area contributed by atoms with Crippen molar-refractivity contribution in [2.75, 3.05) is 13.1 Å². The Balaban J connectivity index is 2.53. The Morgan fingerprint density at radius 3 is 2.75 bits per heavy atom. The first-order chi connectivity index (χ1) is 7.56. The molecule has 1 N–H and O–H groups in total. The summed E-state index contributed by atoms with van der Waals surface area (Å²) in [6.07, 6.45) is 3.37. The zero-order chi connectivity index (χ0) is 12.1. The third-order valence-electron chi connectivity index (χ3n) is 3.23. The van der Waals surface area contributed by atoms with E-state index < -0.39 is 5.97 Å². The Kier molecular flexibility index (Phi) is 4.77. The van der Waals surface area contributed by atoms with Crippen molar-refractivity contribution in [3.63, 3.8) is 0 Å². The molecule has 1 fully saturated rings. The Hall–Kier alpha value is -1.06. The Bertz CT molecular complexity index is 265. The Morgan fingerprint density at radius 1 is 1.50 bits per heavy atom. The third kappa shape index (κ3) is 3.22. The van der Waals surface area contributed by atoms with Gasteiger partial charge in [0.2, 0.25) is 5.91 Å². The number of aliphatic carboxylic acids is 1. The fourth-order valence-corrected chi connectivity index (χ4v) is 2.25. The quantitative estimate of drug-likeness (QED) is 0.796. The fraction of sp³-hybridized carbons (Fsp3) is 0.833. The van der Waals surface area contributed by atoms with Gasteiger partial charge < -0.3 is 10.0 Å². The van der Waals surface area contributed by atoms with Crippen LogP contribution in [0.1, 0.15) is 39.5 Å². The van der Waals surface area contributed by atoms with Gasteiger partial charge in [0, 0.05) is 19.0 Å². The number of nitrogens with zero attached hydrogens (tertiary/aromatic N) is 1. The molecule has 4 nitrogen and oxygen atoms in total. The maximum absolute atomic E-state index is 12.0. The smallest absolute Gasteiger partial charge is 0.308 e.